The van der Waals surface area contributed by atoms with Crippen LogP contribution in [0.2, 0.25) is 0 Å². The van der Waals surface area contributed by atoms with Crippen LogP contribution >= 0.6 is 23.1 Å². The van der Waals surface area contributed by atoms with Crippen molar-refractivity contribution in [3.8, 4) is 0 Å². The van der Waals surface area contributed by atoms with E-state index < -0.39 is 5.97 Å². The molecule has 0 unspecified atom stereocenters. The molecule has 0 bridgehead atoms. The molecule has 2 heterocycles. The highest BCUT2D eigenvalue weighted by Crippen LogP contribution is 2.20. The number of rotatable bonds is 8. The van der Waals surface area contributed by atoms with Crippen LogP contribution in [-0.2, 0) is 22.5 Å². The summed E-state index contributed by atoms with van der Waals surface area (Å²) in [7, 11) is 1.63. The van der Waals surface area contributed by atoms with E-state index in [-0.39, 0.29) is 5.75 Å². The number of nitrogens with zero attached hydrogens (tertiary/aromatic N) is 3. The molecule has 108 valence electrons. The van der Waals surface area contributed by atoms with Gasteiger partial charge in [0, 0.05) is 25.0 Å². The molecular weight excluding hydrogens is 298 g/mol. The molecule has 0 saturated heterocycles. The number of thioether (sulfide) groups is 1. The Morgan fingerprint density at radius 2 is 2.40 bits per heavy atom. The number of aromatic nitrogens is 3. The second-order valence-electron chi connectivity index (χ2n) is 3.98. The molecule has 2 aromatic rings. The van der Waals surface area contributed by atoms with Crippen molar-refractivity contribution in [3.63, 3.8) is 0 Å². The molecule has 1 N–H and O–H groups in total. The number of hydrogen-bond donors (Lipinski definition) is 1. The SMILES string of the molecule is COCCn1c(Cc2cccs2)nnc1SCC(=O)O. The first-order valence-electron chi connectivity index (χ1n) is 5.98. The molecule has 0 atom stereocenters. The second kappa shape index (κ2) is 7.41. The van der Waals surface area contributed by atoms with Gasteiger partial charge in [-0.05, 0) is 11.4 Å². The zero-order chi connectivity index (χ0) is 14.4. The van der Waals surface area contributed by atoms with Crippen LogP contribution in [0, 0.1) is 0 Å². The highest BCUT2D eigenvalue weighted by atomic mass is 32.2. The van der Waals surface area contributed by atoms with Crippen molar-refractivity contribution in [2.45, 2.75) is 18.1 Å². The third-order valence-electron chi connectivity index (χ3n) is 2.55. The van der Waals surface area contributed by atoms with Gasteiger partial charge in [0.15, 0.2) is 5.16 Å². The Morgan fingerprint density at radius 3 is 3.05 bits per heavy atom. The molecule has 0 radical (unpaired) electrons. The van der Waals surface area contributed by atoms with Crippen molar-refractivity contribution < 1.29 is 14.6 Å². The van der Waals surface area contributed by atoms with E-state index in [0.717, 1.165) is 5.82 Å². The number of carboxylic acid groups (broad SMARTS) is 1. The summed E-state index contributed by atoms with van der Waals surface area (Å²) in [5.74, 6) is -0.0575. The quantitative estimate of drug-likeness (QED) is 0.748. The molecule has 2 rings (SSSR count). The third kappa shape index (κ3) is 4.06. The first kappa shape index (κ1) is 15.0. The number of thiophene rings is 1. The van der Waals surface area contributed by atoms with Gasteiger partial charge in [0.1, 0.15) is 5.82 Å². The maximum Gasteiger partial charge on any atom is 0.313 e. The highest BCUT2D eigenvalue weighted by Gasteiger charge is 2.14. The van der Waals surface area contributed by atoms with Gasteiger partial charge in [-0.2, -0.15) is 0 Å². The Bertz CT molecular complexity index is 554. The van der Waals surface area contributed by atoms with Crippen LogP contribution < -0.4 is 0 Å². The lowest BCUT2D eigenvalue weighted by atomic mass is 10.3. The van der Waals surface area contributed by atoms with E-state index in [1.54, 1.807) is 18.4 Å². The fourth-order valence-electron chi connectivity index (χ4n) is 1.66. The summed E-state index contributed by atoms with van der Waals surface area (Å²) in [5.41, 5.74) is 0. The van der Waals surface area contributed by atoms with Gasteiger partial charge >= 0.3 is 5.97 Å². The predicted octanol–water partition coefficient (Wildman–Crippen LogP) is 1.75. The predicted molar refractivity (Wildman–Crippen MR) is 77.4 cm³/mol. The van der Waals surface area contributed by atoms with Crippen LogP contribution in [-0.4, -0.2) is 45.3 Å². The topological polar surface area (TPSA) is 77.2 Å². The van der Waals surface area contributed by atoms with Crippen molar-refractivity contribution in [1.29, 1.82) is 0 Å². The lowest BCUT2D eigenvalue weighted by Crippen LogP contribution is -2.10. The van der Waals surface area contributed by atoms with Gasteiger partial charge in [0.05, 0.1) is 12.4 Å². The maximum atomic E-state index is 10.7. The minimum atomic E-state index is -0.865. The number of hydrogen-bond acceptors (Lipinski definition) is 6. The van der Waals surface area contributed by atoms with Crippen LogP contribution in [0.15, 0.2) is 22.7 Å². The van der Waals surface area contributed by atoms with Crippen molar-refractivity contribution in [1.82, 2.24) is 14.8 Å². The molecule has 0 aliphatic rings. The Balaban J connectivity index is 2.15. The lowest BCUT2D eigenvalue weighted by molar-refractivity contribution is -0.133. The van der Waals surface area contributed by atoms with Crippen LogP contribution in [0.25, 0.3) is 0 Å². The molecule has 0 spiro atoms. The molecule has 8 heteroatoms. The van der Waals surface area contributed by atoms with E-state index in [4.69, 9.17) is 9.84 Å². The lowest BCUT2D eigenvalue weighted by Gasteiger charge is -2.08. The summed E-state index contributed by atoms with van der Waals surface area (Å²) < 4.78 is 7.01. The van der Waals surface area contributed by atoms with Crippen LogP contribution in [0.3, 0.4) is 0 Å². The summed E-state index contributed by atoms with van der Waals surface area (Å²) in [5, 5.41) is 19.7. The monoisotopic (exact) mass is 313 g/mol. The fourth-order valence-corrected chi connectivity index (χ4v) is 3.06. The Kier molecular flexibility index (Phi) is 5.57. The van der Waals surface area contributed by atoms with E-state index in [1.165, 1.54) is 16.6 Å². The van der Waals surface area contributed by atoms with Gasteiger partial charge in [0.2, 0.25) is 0 Å². The summed E-state index contributed by atoms with van der Waals surface area (Å²) in [6.45, 7) is 1.16. The van der Waals surface area contributed by atoms with Gasteiger partial charge in [-0.25, -0.2) is 0 Å². The number of carbonyl (C=O) groups is 1. The molecule has 0 saturated carbocycles. The first-order chi connectivity index (χ1) is 9.70. The number of carboxylic acids is 1. The minimum absolute atomic E-state index is 0.0237. The van der Waals surface area contributed by atoms with Gasteiger partial charge in [-0.1, -0.05) is 17.8 Å². The fraction of sp³-hybridized carbons (Fsp3) is 0.417. The van der Waals surface area contributed by atoms with Crippen molar-refractivity contribution in [3.05, 3.63) is 28.2 Å². The average Bonchev–Trinajstić information content (AvgIpc) is 3.05. The molecule has 0 aliphatic heterocycles. The second-order valence-corrected chi connectivity index (χ2v) is 5.96. The summed E-state index contributed by atoms with van der Waals surface area (Å²) in [6.07, 6.45) is 0.696. The van der Waals surface area contributed by atoms with Gasteiger partial charge in [-0.15, -0.1) is 21.5 Å². The normalized spacial score (nSPS) is 10.8. The summed E-state index contributed by atoms with van der Waals surface area (Å²) in [6, 6.07) is 4.04. The molecule has 0 aliphatic carbocycles. The van der Waals surface area contributed by atoms with Gasteiger partial charge in [0.25, 0.3) is 0 Å². The van der Waals surface area contributed by atoms with Crippen LogP contribution in [0.5, 0.6) is 0 Å². The molecule has 0 aromatic carbocycles. The molecule has 2 aromatic heterocycles. The largest absolute Gasteiger partial charge is 0.481 e. The van der Waals surface area contributed by atoms with E-state index in [0.29, 0.717) is 24.7 Å². The van der Waals surface area contributed by atoms with E-state index >= 15 is 0 Å². The number of methoxy groups -OCH3 is 1. The third-order valence-corrected chi connectivity index (χ3v) is 4.38. The van der Waals surface area contributed by atoms with Crippen molar-refractivity contribution in [2.75, 3.05) is 19.5 Å². The Labute approximate surface area is 124 Å². The smallest absolute Gasteiger partial charge is 0.313 e. The molecule has 6 nitrogen and oxygen atoms in total. The van der Waals surface area contributed by atoms with E-state index in [9.17, 15) is 4.79 Å². The van der Waals surface area contributed by atoms with E-state index in [2.05, 4.69) is 10.2 Å². The molecular formula is C12H15N3O3S2. The van der Waals surface area contributed by atoms with Crippen molar-refractivity contribution in [2.24, 2.45) is 0 Å². The summed E-state index contributed by atoms with van der Waals surface area (Å²) in [4.78, 5) is 11.9. The Morgan fingerprint density at radius 1 is 1.55 bits per heavy atom. The van der Waals surface area contributed by atoms with Gasteiger partial charge < -0.3 is 14.4 Å². The highest BCUT2D eigenvalue weighted by molar-refractivity contribution is 7.99. The number of ether oxygens (including phenoxy) is 1. The zero-order valence-electron chi connectivity index (χ0n) is 11.0. The average molecular weight is 313 g/mol. The Hall–Kier alpha value is -1.38. The first-order valence-corrected chi connectivity index (χ1v) is 7.85. The molecule has 0 fully saturated rings. The summed E-state index contributed by atoms with van der Waals surface area (Å²) >= 11 is 2.84. The van der Waals surface area contributed by atoms with Crippen LogP contribution in [0.4, 0.5) is 0 Å². The van der Waals surface area contributed by atoms with E-state index in [1.807, 2.05) is 22.1 Å². The molecule has 20 heavy (non-hydrogen) atoms. The minimum Gasteiger partial charge on any atom is -0.481 e. The standard InChI is InChI=1S/C12H15N3O3S2/c1-18-5-4-15-10(7-9-3-2-6-19-9)13-14-12(15)20-8-11(16)17/h2-3,6H,4-5,7-8H2,1H3,(H,16,17). The zero-order valence-corrected chi connectivity index (χ0v) is 12.6. The maximum absolute atomic E-state index is 10.7. The number of aliphatic carboxylic acids is 1. The van der Waals surface area contributed by atoms with Crippen LogP contribution in [0.1, 0.15) is 10.7 Å². The van der Waals surface area contributed by atoms with Crippen molar-refractivity contribution >= 4 is 29.1 Å². The van der Waals surface area contributed by atoms with Gasteiger partial charge in [-0.3, -0.25) is 4.79 Å². The molecule has 0 amide bonds.